The van der Waals surface area contributed by atoms with Gasteiger partial charge in [-0.25, -0.2) is 0 Å². The molecule has 94 valence electrons. The molecule has 0 aliphatic rings. The van der Waals surface area contributed by atoms with Crippen LogP contribution >= 0.6 is 0 Å². The molecule has 17 heavy (non-hydrogen) atoms. The molecule has 1 rings (SSSR count). The molecule has 0 spiro atoms. The van der Waals surface area contributed by atoms with E-state index in [-0.39, 0.29) is 12.8 Å². The lowest BCUT2D eigenvalue weighted by atomic mass is 9.95. The van der Waals surface area contributed by atoms with Gasteiger partial charge in [0, 0.05) is 19.2 Å². The summed E-state index contributed by atoms with van der Waals surface area (Å²) in [5, 5.41) is 13.0. The van der Waals surface area contributed by atoms with Gasteiger partial charge in [-0.2, -0.15) is 5.10 Å². The summed E-state index contributed by atoms with van der Waals surface area (Å²) in [5.74, 6) is -1.83. The number of esters is 1. The maximum Gasteiger partial charge on any atom is 0.306 e. The van der Waals surface area contributed by atoms with Gasteiger partial charge < -0.3 is 9.84 Å². The van der Waals surface area contributed by atoms with Gasteiger partial charge in [0.25, 0.3) is 0 Å². The van der Waals surface area contributed by atoms with E-state index in [1.807, 2.05) is 6.92 Å². The Morgan fingerprint density at radius 1 is 1.53 bits per heavy atom. The molecule has 0 aromatic carbocycles. The van der Waals surface area contributed by atoms with Gasteiger partial charge in [-0.15, -0.1) is 0 Å². The molecule has 0 aliphatic carbocycles. The van der Waals surface area contributed by atoms with Crippen molar-refractivity contribution in [2.24, 2.45) is 7.05 Å². The smallest absolute Gasteiger partial charge is 0.306 e. The van der Waals surface area contributed by atoms with E-state index in [9.17, 15) is 9.59 Å². The lowest BCUT2D eigenvalue weighted by Crippen LogP contribution is -2.14. The minimum atomic E-state index is -0.955. The highest BCUT2D eigenvalue weighted by molar-refractivity contribution is 5.73. The maximum absolute atomic E-state index is 11.2. The Morgan fingerprint density at radius 2 is 2.18 bits per heavy atom. The van der Waals surface area contributed by atoms with Crippen molar-refractivity contribution in [2.75, 3.05) is 7.11 Å². The molecule has 1 heterocycles. The zero-order chi connectivity index (χ0) is 13.0. The van der Waals surface area contributed by atoms with Gasteiger partial charge in [0.15, 0.2) is 0 Å². The molecule has 6 nitrogen and oxygen atoms in total. The van der Waals surface area contributed by atoms with Gasteiger partial charge in [-0.05, 0) is 12.5 Å². The van der Waals surface area contributed by atoms with Crippen LogP contribution in [0, 0.1) is 6.92 Å². The molecule has 0 saturated heterocycles. The third kappa shape index (κ3) is 3.58. The van der Waals surface area contributed by atoms with Crippen LogP contribution in [0.1, 0.15) is 30.0 Å². The molecule has 0 aliphatic heterocycles. The molecular formula is C11H16N2O4. The molecule has 0 amide bonds. The van der Waals surface area contributed by atoms with Crippen LogP contribution in [0.2, 0.25) is 0 Å². The monoisotopic (exact) mass is 240 g/mol. The van der Waals surface area contributed by atoms with Crippen LogP contribution in [0.25, 0.3) is 0 Å². The average Bonchev–Trinajstić information content (AvgIpc) is 2.56. The number of hydrogen-bond acceptors (Lipinski definition) is 4. The Morgan fingerprint density at radius 3 is 2.59 bits per heavy atom. The first kappa shape index (κ1) is 13.2. The Hall–Kier alpha value is -1.85. The van der Waals surface area contributed by atoms with Crippen molar-refractivity contribution in [1.82, 2.24) is 9.78 Å². The average molecular weight is 240 g/mol. The summed E-state index contributed by atoms with van der Waals surface area (Å²) in [4.78, 5) is 22.0. The van der Waals surface area contributed by atoms with Crippen LogP contribution < -0.4 is 0 Å². The van der Waals surface area contributed by atoms with Gasteiger partial charge in [0.1, 0.15) is 0 Å². The normalized spacial score (nSPS) is 12.2. The highest BCUT2D eigenvalue weighted by Crippen LogP contribution is 2.25. The van der Waals surface area contributed by atoms with Gasteiger partial charge >= 0.3 is 11.9 Å². The Kier molecular flexibility index (Phi) is 4.25. The van der Waals surface area contributed by atoms with E-state index in [0.717, 1.165) is 5.56 Å². The summed E-state index contributed by atoms with van der Waals surface area (Å²) in [6.45, 7) is 1.84. The van der Waals surface area contributed by atoms with Crippen LogP contribution in [-0.4, -0.2) is 33.9 Å². The second kappa shape index (κ2) is 5.47. The summed E-state index contributed by atoms with van der Waals surface area (Å²) >= 11 is 0. The Bertz CT molecular complexity index is 425. The number of carbonyl (C=O) groups excluding carboxylic acids is 1. The number of aryl methyl sites for hydroxylation is 2. The summed E-state index contributed by atoms with van der Waals surface area (Å²) in [5.41, 5.74) is 1.52. The zero-order valence-corrected chi connectivity index (χ0v) is 10.1. The van der Waals surface area contributed by atoms with E-state index in [1.54, 1.807) is 17.9 Å². The highest BCUT2D eigenvalue weighted by Gasteiger charge is 2.23. The van der Waals surface area contributed by atoms with Crippen LogP contribution in [0.15, 0.2) is 6.20 Å². The molecule has 1 unspecified atom stereocenters. The van der Waals surface area contributed by atoms with Crippen molar-refractivity contribution in [1.29, 1.82) is 0 Å². The van der Waals surface area contributed by atoms with E-state index in [4.69, 9.17) is 5.11 Å². The summed E-state index contributed by atoms with van der Waals surface area (Å²) in [6, 6.07) is 0. The second-order valence-electron chi connectivity index (χ2n) is 3.95. The predicted molar refractivity (Wildman–Crippen MR) is 59.6 cm³/mol. The molecule has 0 radical (unpaired) electrons. The van der Waals surface area contributed by atoms with Crippen molar-refractivity contribution >= 4 is 11.9 Å². The molecule has 0 fully saturated rings. The van der Waals surface area contributed by atoms with E-state index < -0.39 is 17.9 Å². The van der Waals surface area contributed by atoms with E-state index in [1.165, 1.54) is 7.11 Å². The van der Waals surface area contributed by atoms with Crippen molar-refractivity contribution < 1.29 is 19.4 Å². The third-order valence-corrected chi connectivity index (χ3v) is 2.50. The first-order chi connectivity index (χ1) is 7.93. The van der Waals surface area contributed by atoms with E-state index in [0.29, 0.717) is 5.69 Å². The fourth-order valence-electron chi connectivity index (χ4n) is 1.79. The van der Waals surface area contributed by atoms with Crippen LogP contribution in [-0.2, 0) is 21.4 Å². The fourth-order valence-corrected chi connectivity index (χ4v) is 1.79. The lowest BCUT2D eigenvalue weighted by molar-refractivity contribution is -0.141. The van der Waals surface area contributed by atoms with E-state index in [2.05, 4.69) is 9.84 Å². The minimum Gasteiger partial charge on any atom is -0.481 e. The number of aliphatic carboxylic acids is 1. The molecule has 0 bridgehead atoms. The molecule has 1 atom stereocenters. The first-order valence-electron chi connectivity index (χ1n) is 5.22. The van der Waals surface area contributed by atoms with Crippen LogP contribution in [0.3, 0.4) is 0 Å². The molecule has 1 aromatic heterocycles. The summed E-state index contributed by atoms with van der Waals surface area (Å²) < 4.78 is 6.17. The van der Waals surface area contributed by atoms with Gasteiger partial charge in [0.05, 0.1) is 25.6 Å². The Balaban J connectivity index is 2.93. The predicted octanol–water partition coefficient (Wildman–Crippen LogP) is 0.850. The second-order valence-corrected chi connectivity index (χ2v) is 3.95. The molecule has 1 N–H and O–H groups in total. The number of carboxylic acids is 1. The standard InChI is InChI=1S/C11H16N2O4/c1-7-6-13(2)12-11(7)8(4-9(14)15)5-10(16)17-3/h6,8H,4-5H2,1-3H3,(H,14,15). The van der Waals surface area contributed by atoms with E-state index >= 15 is 0 Å². The van der Waals surface area contributed by atoms with Crippen molar-refractivity contribution in [3.05, 3.63) is 17.5 Å². The highest BCUT2D eigenvalue weighted by atomic mass is 16.5. The number of carbonyl (C=O) groups is 2. The number of aromatic nitrogens is 2. The van der Waals surface area contributed by atoms with Crippen molar-refractivity contribution in [2.45, 2.75) is 25.7 Å². The quantitative estimate of drug-likeness (QED) is 0.771. The Labute approximate surface area is 99.2 Å². The molecular weight excluding hydrogens is 224 g/mol. The van der Waals surface area contributed by atoms with Crippen LogP contribution in [0.4, 0.5) is 0 Å². The third-order valence-electron chi connectivity index (χ3n) is 2.50. The van der Waals surface area contributed by atoms with Crippen molar-refractivity contribution in [3.63, 3.8) is 0 Å². The SMILES string of the molecule is COC(=O)CC(CC(=O)O)c1nn(C)cc1C. The number of ether oxygens (including phenoxy) is 1. The lowest BCUT2D eigenvalue weighted by Gasteiger charge is -2.11. The topological polar surface area (TPSA) is 81.4 Å². The van der Waals surface area contributed by atoms with Crippen LogP contribution in [0.5, 0.6) is 0 Å². The molecule has 1 aromatic rings. The number of rotatable bonds is 5. The molecule has 0 saturated carbocycles. The fraction of sp³-hybridized carbons (Fsp3) is 0.545. The first-order valence-corrected chi connectivity index (χ1v) is 5.22. The van der Waals surface area contributed by atoms with Crippen molar-refractivity contribution in [3.8, 4) is 0 Å². The van der Waals surface area contributed by atoms with Gasteiger partial charge in [-0.1, -0.05) is 0 Å². The molecule has 6 heteroatoms. The number of carboxylic acid groups (broad SMARTS) is 1. The zero-order valence-electron chi connectivity index (χ0n) is 10.1. The van der Waals surface area contributed by atoms with Gasteiger partial charge in [0.2, 0.25) is 0 Å². The summed E-state index contributed by atoms with van der Waals surface area (Å²) in [7, 11) is 3.04. The number of hydrogen-bond donors (Lipinski definition) is 1. The summed E-state index contributed by atoms with van der Waals surface area (Å²) in [6.07, 6.45) is 1.69. The largest absolute Gasteiger partial charge is 0.481 e. The van der Waals surface area contributed by atoms with Gasteiger partial charge in [-0.3, -0.25) is 14.3 Å². The number of nitrogens with zero attached hydrogens (tertiary/aromatic N) is 2. The minimum absolute atomic E-state index is 0.0284. The number of methoxy groups -OCH3 is 1. The maximum atomic E-state index is 11.2.